The molecule has 2 rings (SSSR count). The molecule has 5 heteroatoms. The Balaban J connectivity index is 2.20. The SMILES string of the molecule is CCOC(=O)c1cc(N)ccc1NC1CCCC1SC. The Bertz CT molecular complexity index is 479. The van der Waals surface area contributed by atoms with Crippen molar-refractivity contribution in [1.82, 2.24) is 0 Å². The van der Waals surface area contributed by atoms with Crippen molar-refractivity contribution in [3.05, 3.63) is 23.8 Å². The van der Waals surface area contributed by atoms with E-state index in [1.807, 2.05) is 23.9 Å². The zero-order valence-electron chi connectivity index (χ0n) is 12.0. The van der Waals surface area contributed by atoms with Crippen LogP contribution in [0.5, 0.6) is 0 Å². The number of thioether (sulfide) groups is 1. The molecule has 1 saturated carbocycles. The Labute approximate surface area is 124 Å². The predicted octanol–water partition coefficient (Wildman–Crippen LogP) is 3.14. The summed E-state index contributed by atoms with van der Waals surface area (Å²) in [6.07, 6.45) is 5.73. The van der Waals surface area contributed by atoms with Crippen LogP contribution < -0.4 is 11.1 Å². The Morgan fingerprint density at radius 2 is 2.30 bits per heavy atom. The molecule has 0 amide bonds. The fourth-order valence-electron chi connectivity index (χ4n) is 2.64. The van der Waals surface area contributed by atoms with E-state index in [4.69, 9.17) is 10.5 Å². The van der Waals surface area contributed by atoms with E-state index >= 15 is 0 Å². The number of nitrogens with one attached hydrogen (secondary N) is 1. The fourth-order valence-corrected chi connectivity index (χ4v) is 3.57. The van der Waals surface area contributed by atoms with E-state index in [1.54, 1.807) is 13.0 Å². The maximum atomic E-state index is 12.0. The number of hydrogen-bond acceptors (Lipinski definition) is 5. The smallest absolute Gasteiger partial charge is 0.340 e. The molecule has 1 aromatic rings. The number of esters is 1. The van der Waals surface area contributed by atoms with Crippen LogP contribution >= 0.6 is 11.8 Å². The van der Waals surface area contributed by atoms with Crippen LogP contribution in [0.2, 0.25) is 0 Å². The quantitative estimate of drug-likeness (QED) is 0.645. The highest BCUT2D eigenvalue weighted by Gasteiger charge is 2.27. The summed E-state index contributed by atoms with van der Waals surface area (Å²) in [5, 5.41) is 4.10. The molecule has 0 aliphatic heterocycles. The molecule has 0 aromatic heterocycles. The molecule has 4 nitrogen and oxygen atoms in total. The van der Waals surface area contributed by atoms with E-state index < -0.39 is 0 Å². The van der Waals surface area contributed by atoms with Gasteiger partial charge in [-0.3, -0.25) is 0 Å². The van der Waals surface area contributed by atoms with Gasteiger partial charge in [0.2, 0.25) is 0 Å². The zero-order valence-corrected chi connectivity index (χ0v) is 12.8. The summed E-state index contributed by atoms with van der Waals surface area (Å²) < 4.78 is 5.10. The third kappa shape index (κ3) is 3.39. The van der Waals surface area contributed by atoms with Crippen molar-refractivity contribution in [2.45, 2.75) is 37.5 Å². The molecule has 2 unspecified atom stereocenters. The molecule has 1 aliphatic carbocycles. The third-order valence-electron chi connectivity index (χ3n) is 3.64. The van der Waals surface area contributed by atoms with Crippen LogP contribution in [-0.2, 0) is 4.74 Å². The van der Waals surface area contributed by atoms with Gasteiger partial charge in [-0.2, -0.15) is 11.8 Å². The highest BCUT2D eigenvalue weighted by atomic mass is 32.2. The van der Waals surface area contributed by atoms with E-state index in [-0.39, 0.29) is 5.97 Å². The lowest BCUT2D eigenvalue weighted by molar-refractivity contribution is 0.0527. The Morgan fingerprint density at radius 3 is 3.00 bits per heavy atom. The first-order chi connectivity index (χ1) is 9.65. The van der Waals surface area contributed by atoms with Crippen molar-refractivity contribution < 1.29 is 9.53 Å². The van der Waals surface area contributed by atoms with Crippen molar-refractivity contribution in [3.63, 3.8) is 0 Å². The van der Waals surface area contributed by atoms with Gasteiger partial charge in [0.1, 0.15) is 0 Å². The number of carbonyl (C=O) groups is 1. The number of hydrogen-bond donors (Lipinski definition) is 2. The number of anilines is 2. The summed E-state index contributed by atoms with van der Waals surface area (Å²) in [5.41, 5.74) is 7.71. The first-order valence-electron chi connectivity index (χ1n) is 7.01. The second-order valence-electron chi connectivity index (χ2n) is 4.98. The zero-order chi connectivity index (χ0) is 14.5. The third-order valence-corrected chi connectivity index (χ3v) is 4.80. The first-order valence-corrected chi connectivity index (χ1v) is 8.30. The summed E-state index contributed by atoms with van der Waals surface area (Å²) in [6.45, 7) is 2.17. The van der Waals surface area contributed by atoms with Gasteiger partial charge in [0.15, 0.2) is 0 Å². The van der Waals surface area contributed by atoms with Gasteiger partial charge in [0, 0.05) is 22.7 Å². The number of rotatable bonds is 5. The van der Waals surface area contributed by atoms with Crippen molar-refractivity contribution in [2.24, 2.45) is 0 Å². The molecule has 3 N–H and O–H groups in total. The minimum atomic E-state index is -0.319. The van der Waals surface area contributed by atoms with Gasteiger partial charge < -0.3 is 15.8 Å². The Kier molecular flexibility index (Phi) is 5.17. The maximum absolute atomic E-state index is 12.0. The van der Waals surface area contributed by atoms with Gasteiger partial charge in [0.25, 0.3) is 0 Å². The summed E-state index contributed by atoms with van der Waals surface area (Å²) in [6, 6.07) is 5.77. The van der Waals surface area contributed by atoms with E-state index in [2.05, 4.69) is 11.6 Å². The molecule has 1 fully saturated rings. The summed E-state index contributed by atoms with van der Waals surface area (Å²) in [5.74, 6) is -0.319. The van der Waals surface area contributed by atoms with Crippen LogP contribution in [0.15, 0.2) is 18.2 Å². The highest BCUT2D eigenvalue weighted by molar-refractivity contribution is 7.99. The molecule has 0 bridgehead atoms. The lowest BCUT2D eigenvalue weighted by atomic mass is 10.1. The molecule has 0 saturated heterocycles. The average Bonchev–Trinajstić information content (AvgIpc) is 2.88. The lowest BCUT2D eigenvalue weighted by Crippen LogP contribution is -2.27. The van der Waals surface area contributed by atoms with Crippen molar-refractivity contribution in [1.29, 1.82) is 0 Å². The van der Waals surface area contributed by atoms with Crippen LogP contribution in [0.1, 0.15) is 36.5 Å². The van der Waals surface area contributed by atoms with E-state index in [0.29, 0.717) is 29.1 Å². The molecule has 1 aliphatic rings. The minimum Gasteiger partial charge on any atom is -0.462 e. The van der Waals surface area contributed by atoms with E-state index in [0.717, 1.165) is 12.1 Å². The molecule has 0 heterocycles. The first kappa shape index (κ1) is 15.0. The molecule has 110 valence electrons. The van der Waals surface area contributed by atoms with Gasteiger partial charge in [-0.25, -0.2) is 4.79 Å². The van der Waals surface area contributed by atoms with Gasteiger partial charge in [-0.1, -0.05) is 6.42 Å². The second-order valence-corrected chi connectivity index (χ2v) is 6.06. The summed E-state index contributed by atoms with van der Waals surface area (Å²) in [7, 11) is 0. The lowest BCUT2D eigenvalue weighted by Gasteiger charge is -2.22. The molecular weight excluding hydrogens is 272 g/mol. The van der Waals surface area contributed by atoms with Crippen molar-refractivity contribution >= 4 is 29.1 Å². The number of ether oxygens (including phenoxy) is 1. The number of nitrogens with two attached hydrogens (primary N) is 1. The van der Waals surface area contributed by atoms with Crippen LogP contribution in [0, 0.1) is 0 Å². The van der Waals surface area contributed by atoms with Crippen LogP contribution in [0.25, 0.3) is 0 Å². The van der Waals surface area contributed by atoms with Gasteiger partial charge in [0.05, 0.1) is 12.2 Å². The molecular formula is C15H22N2O2S. The van der Waals surface area contributed by atoms with Crippen LogP contribution in [-0.4, -0.2) is 30.1 Å². The van der Waals surface area contributed by atoms with E-state index in [9.17, 15) is 4.79 Å². The fraction of sp³-hybridized carbons (Fsp3) is 0.533. The van der Waals surface area contributed by atoms with Gasteiger partial charge >= 0.3 is 5.97 Å². The van der Waals surface area contributed by atoms with E-state index in [1.165, 1.54) is 12.8 Å². The standard InChI is InChI=1S/C15H22N2O2S/c1-3-19-15(18)11-9-10(16)7-8-12(11)17-13-5-4-6-14(13)20-2/h7-9,13-14,17H,3-6,16H2,1-2H3. The predicted molar refractivity (Wildman–Crippen MR) is 85.4 cm³/mol. The second kappa shape index (κ2) is 6.88. The van der Waals surface area contributed by atoms with Gasteiger partial charge in [-0.05, 0) is 44.2 Å². The molecule has 20 heavy (non-hydrogen) atoms. The molecule has 2 atom stereocenters. The normalized spacial score (nSPS) is 21.7. The number of nitrogen functional groups attached to an aromatic ring is 1. The Hall–Kier alpha value is -1.36. The molecule has 1 aromatic carbocycles. The van der Waals surface area contributed by atoms with Gasteiger partial charge in [-0.15, -0.1) is 0 Å². The van der Waals surface area contributed by atoms with Crippen molar-refractivity contribution in [2.75, 3.05) is 23.9 Å². The van der Waals surface area contributed by atoms with Crippen LogP contribution in [0.4, 0.5) is 11.4 Å². The summed E-state index contributed by atoms with van der Waals surface area (Å²) >= 11 is 1.88. The monoisotopic (exact) mass is 294 g/mol. The minimum absolute atomic E-state index is 0.319. The number of carbonyl (C=O) groups excluding carboxylic acids is 1. The average molecular weight is 294 g/mol. The Morgan fingerprint density at radius 1 is 1.50 bits per heavy atom. The molecule has 0 spiro atoms. The molecule has 0 radical (unpaired) electrons. The number of benzene rings is 1. The largest absolute Gasteiger partial charge is 0.462 e. The topological polar surface area (TPSA) is 64.3 Å². The maximum Gasteiger partial charge on any atom is 0.340 e. The summed E-state index contributed by atoms with van der Waals surface area (Å²) in [4.78, 5) is 12.0. The van der Waals surface area contributed by atoms with Crippen molar-refractivity contribution in [3.8, 4) is 0 Å². The van der Waals surface area contributed by atoms with Crippen LogP contribution in [0.3, 0.4) is 0 Å². The highest BCUT2D eigenvalue weighted by Crippen LogP contribution is 2.32.